The molecule has 0 aliphatic carbocycles. The molecule has 1 aliphatic rings. The molecule has 2 unspecified atom stereocenters. The number of esters is 1. The molecule has 0 radical (unpaired) electrons. The summed E-state index contributed by atoms with van der Waals surface area (Å²) in [6.07, 6.45) is -3.38. The van der Waals surface area contributed by atoms with Crippen molar-refractivity contribution in [2.75, 3.05) is 6.61 Å². The van der Waals surface area contributed by atoms with Gasteiger partial charge in [-0.3, -0.25) is 20.2 Å². The number of nitro benzene ring substituents is 1. The van der Waals surface area contributed by atoms with E-state index in [4.69, 9.17) is 9.47 Å². The van der Waals surface area contributed by atoms with Gasteiger partial charge in [0.1, 0.15) is 5.75 Å². The van der Waals surface area contributed by atoms with Crippen molar-refractivity contribution in [2.45, 2.75) is 19.3 Å². The smallest absolute Gasteiger partial charge is 0.389 e. The molecule has 10 heteroatoms. The molecule has 0 amide bonds. The van der Waals surface area contributed by atoms with E-state index in [9.17, 15) is 29.4 Å². The van der Waals surface area contributed by atoms with Crippen LogP contribution < -0.4 is 4.74 Å². The molecule has 0 bridgehead atoms. The van der Waals surface area contributed by atoms with E-state index in [1.165, 1.54) is 13.0 Å². The average molecular weight is 326 g/mol. The lowest BCUT2D eigenvalue weighted by molar-refractivity contribution is -0.561. The number of carbonyl (C=O) groups is 1. The van der Waals surface area contributed by atoms with E-state index >= 15 is 0 Å². The summed E-state index contributed by atoms with van der Waals surface area (Å²) in [5.41, 5.74) is -0.547. The van der Waals surface area contributed by atoms with Crippen molar-refractivity contribution >= 4 is 17.7 Å². The van der Waals surface area contributed by atoms with Crippen molar-refractivity contribution in [3.63, 3.8) is 0 Å². The number of non-ortho nitro benzene ring substituents is 1. The van der Waals surface area contributed by atoms with Gasteiger partial charge in [0.2, 0.25) is 6.10 Å². The minimum atomic E-state index is -2.69. The lowest BCUT2D eigenvalue weighted by atomic mass is 10.0. The maximum absolute atomic E-state index is 13.8. The highest BCUT2D eigenvalue weighted by molar-refractivity contribution is 5.96. The maximum atomic E-state index is 13.8. The molecule has 2 atom stereocenters. The van der Waals surface area contributed by atoms with Gasteiger partial charge in [-0.25, -0.2) is 4.79 Å². The molecule has 0 saturated heterocycles. The highest BCUT2D eigenvalue weighted by Crippen LogP contribution is 2.34. The zero-order chi connectivity index (χ0) is 17.1. The van der Waals surface area contributed by atoms with E-state index in [1.807, 2.05) is 0 Å². The summed E-state index contributed by atoms with van der Waals surface area (Å²) in [6.45, 7) is 1.48. The summed E-state index contributed by atoms with van der Waals surface area (Å²) in [5.74, 6) is -0.989. The number of ether oxygens (including phenoxy) is 2. The molecule has 9 nitrogen and oxygen atoms in total. The fourth-order valence-corrected chi connectivity index (χ4v) is 2.02. The van der Waals surface area contributed by atoms with E-state index in [0.717, 1.165) is 18.2 Å². The van der Waals surface area contributed by atoms with Crippen molar-refractivity contribution in [1.29, 1.82) is 0 Å². The number of nitro groups is 2. The molecule has 1 aromatic rings. The third-order valence-electron chi connectivity index (χ3n) is 3.04. The Bertz CT molecular complexity index is 704. The van der Waals surface area contributed by atoms with Crippen LogP contribution in [0.2, 0.25) is 0 Å². The Morgan fingerprint density at radius 2 is 2.13 bits per heavy atom. The van der Waals surface area contributed by atoms with E-state index in [0.29, 0.717) is 0 Å². The molecule has 1 aromatic carbocycles. The first kappa shape index (κ1) is 16.3. The predicted molar refractivity (Wildman–Crippen MR) is 74.0 cm³/mol. The van der Waals surface area contributed by atoms with Crippen LogP contribution in [-0.4, -0.2) is 34.8 Å². The Balaban J connectivity index is 2.49. The topological polar surface area (TPSA) is 122 Å². The van der Waals surface area contributed by atoms with Crippen LogP contribution >= 0.6 is 0 Å². The number of hydrogen-bond acceptors (Lipinski definition) is 7. The lowest BCUT2D eigenvalue weighted by Gasteiger charge is -2.24. The highest BCUT2D eigenvalue weighted by Gasteiger charge is 2.42. The molecule has 23 heavy (non-hydrogen) atoms. The third-order valence-corrected chi connectivity index (χ3v) is 3.04. The van der Waals surface area contributed by atoms with Gasteiger partial charge in [-0.1, -0.05) is 0 Å². The van der Waals surface area contributed by atoms with Crippen LogP contribution in [0.5, 0.6) is 5.75 Å². The second-order valence-electron chi connectivity index (χ2n) is 4.50. The van der Waals surface area contributed by atoms with E-state index in [-0.39, 0.29) is 23.6 Å². The summed E-state index contributed by atoms with van der Waals surface area (Å²) in [7, 11) is 0. The zero-order valence-corrected chi connectivity index (χ0v) is 11.8. The van der Waals surface area contributed by atoms with E-state index < -0.39 is 33.8 Å². The lowest BCUT2D eigenvalue weighted by Crippen LogP contribution is -2.40. The summed E-state index contributed by atoms with van der Waals surface area (Å²) in [4.78, 5) is 31.4. The molecule has 122 valence electrons. The fourth-order valence-electron chi connectivity index (χ4n) is 2.02. The molecular weight excluding hydrogens is 315 g/mol. The summed E-state index contributed by atoms with van der Waals surface area (Å²) in [5, 5.41) is 21.4. The second kappa shape index (κ2) is 6.38. The van der Waals surface area contributed by atoms with Gasteiger partial charge in [0, 0.05) is 17.7 Å². The van der Waals surface area contributed by atoms with E-state index in [1.54, 1.807) is 0 Å². The molecule has 0 saturated carbocycles. The first-order valence-electron chi connectivity index (χ1n) is 6.46. The second-order valence-corrected chi connectivity index (χ2v) is 4.50. The van der Waals surface area contributed by atoms with Crippen LogP contribution in [0, 0.1) is 20.2 Å². The normalized spacial score (nSPS) is 17.3. The third kappa shape index (κ3) is 3.25. The number of fused-ring (bicyclic) bond motifs is 1. The van der Waals surface area contributed by atoms with Gasteiger partial charge < -0.3 is 9.47 Å². The fraction of sp³-hybridized carbons (Fsp3) is 0.308. The van der Waals surface area contributed by atoms with Crippen molar-refractivity contribution in [2.24, 2.45) is 0 Å². The van der Waals surface area contributed by atoms with Crippen LogP contribution in [0.1, 0.15) is 12.5 Å². The number of carbonyl (C=O) groups excluding carboxylic acids is 1. The molecule has 2 rings (SSSR count). The van der Waals surface area contributed by atoms with Gasteiger partial charge in [0.05, 0.1) is 22.0 Å². The van der Waals surface area contributed by atoms with Crippen molar-refractivity contribution < 1.29 is 28.5 Å². The monoisotopic (exact) mass is 326 g/mol. The van der Waals surface area contributed by atoms with Crippen LogP contribution in [0.15, 0.2) is 23.8 Å². The van der Waals surface area contributed by atoms with E-state index in [2.05, 4.69) is 0 Å². The number of rotatable bonds is 5. The molecule has 0 spiro atoms. The minimum absolute atomic E-state index is 0.00171. The molecular formula is C13H11FN2O7. The maximum Gasteiger partial charge on any atom is 0.389 e. The molecule has 1 aliphatic heterocycles. The predicted octanol–water partition coefficient (Wildman–Crippen LogP) is 1.87. The average Bonchev–Trinajstić information content (AvgIpc) is 2.52. The van der Waals surface area contributed by atoms with Gasteiger partial charge in [0.15, 0.2) is 0 Å². The van der Waals surface area contributed by atoms with Crippen molar-refractivity contribution in [1.82, 2.24) is 0 Å². The van der Waals surface area contributed by atoms with Gasteiger partial charge in [-0.15, -0.1) is 0 Å². The van der Waals surface area contributed by atoms with Crippen LogP contribution in [0.25, 0.3) is 6.08 Å². The summed E-state index contributed by atoms with van der Waals surface area (Å²) < 4.78 is 23.7. The Labute approximate surface area is 128 Å². The SMILES string of the molecule is CCOC(=O)C1=Cc2cc([N+](=O)[O-])ccc2OC1C(F)[N+](=O)[O-]. The standard InChI is InChI=1S/C13H11FN2O7/c1-2-22-13(17)9-6-7-5-8(15(18)19)3-4-10(7)23-11(9)12(14)16(20)21/h3-6,11-12H,2H2,1H3. The Morgan fingerprint density at radius 1 is 1.43 bits per heavy atom. The zero-order valence-electron chi connectivity index (χ0n) is 11.8. The van der Waals surface area contributed by atoms with Gasteiger partial charge >= 0.3 is 12.3 Å². The number of benzene rings is 1. The summed E-state index contributed by atoms with van der Waals surface area (Å²) in [6, 6.07) is 3.41. The first-order chi connectivity index (χ1) is 10.8. The molecule has 0 fully saturated rings. The quantitative estimate of drug-likeness (QED) is 0.350. The van der Waals surface area contributed by atoms with Gasteiger partial charge in [-0.05, 0) is 19.1 Å². The number of nitrogens with zero attached hydrogens (tertiary/aromatic N) is 2. The van der Waals surface area contributed by atoms with Crippen molar-refractivity contribution in [3.05, 3.63) is 49.6 Å². The van der Waals surface area contributed by atoms with Gasteiger partial charge in [0.25, 0.3) is 5.69 Å². The summed E-state index contributed by atoms with van der Waals surface area (Å²) >= 11 is 0. The molecule has 0 N–H and O–H groups in total. The Hall–Kier alpha value is -3.04. The van der Waals surface area contributed by atoms with Crippen LogP contribution in [-0.2, 0) is 9.53 Å². The number of halogens is 1. The molecule has 1 heterocycles. The highest BCUT2D eigenvalue weighted by atomic mass is 19.1. The van der Waals surface area contributed by atoms with Crippen molar-refractivity contribution in [3.8, 4) is 5.75 Å². The van der Waals surface area contributed by atoms with Crippen LogP contribution in [0.3, 0.4) is 0 Å². The van der Waals surface area contributed by atoms with Crippen LogP contribution in [0.4, 0.5) is 10.1 Å². The first-order valence-corrected chi connectivity index (χ1v) is 6.46. The Morgan fingerprint density at radius 3 is 2.70 bits per heavy atom. The largest absolute Gasteiger partial charge is 0.474 e. The minimum Gasteiger partial charge on any atom is -0.474 e. The molecule has 0 aromatic heterocycles. The van der Waals surface area contributed by atoms with Gasteiger partial charge in [-0.2, -0.15) is 4.39 Å². The Kier molecular flexibility index (Phi) is 4.53. The number of alkyl halides is 1. The number of hydrogen-bond donors (Lipinski definition) is 0.